The summed E-state index contributed by atoms with van der Waals surface area (Å²) in [7, 11) is 0. The Morgan fingerprint density at radius 1 is 1.26 bits per heavy atom. The largest absolute Gasteiger partial charge is 0.493 e. The molecule has 8 nitrogen and oxygen atoms in total. The SMILES string of the molecule is CC1Cn2ncc(NC(=O)c3cccc(C#N)c3)c2C(=O)N1c1ccc(OCCC(F)(F)F)cc1. The standard InChI is InChI=1S/C24H20F3N5O3/c1-15-14-31-21(20(13-29-31)30-22(33)17-4-2-3-16(11-17)12-28)23(34)32(15)18-5-7-19(8-6-18)35-10-9-24(25,26)27/h2-8,11,13,15H,9-10,14H2,1H3,(H,30,33). The third-order valence-electron chi connectivity index (χ3n) is 5.41. The van der Waals surface area contributed by atoms with Crippen LogP contribution in [0.4, 0.5) is 24.5 Å². The number of nitrogens with one attached hydrogen (secondary N) is 1. The molecule has 0 bridgehead atoms. The highest BCUT2D eigenvalue weighted by atomic mass is 19.4. The molecule has 0 spiro atoms. The van der Waals surface area contributed by atoms with Gasteiger partial charge in [-0.05, 0) is 49.4 Å². The van der Waals surface area contributed by atoms with Gasteiger partial charge < -0.3 is 15.0 Å². The number of hydrogen-bond acceptors (Lipinski definition) is 5. The summed E-state index contributed by atoms with van der Waals surface area (Å²) in [5, 5.41) is 16.0. The highest BCUT2D eigenvalue weighted by molar-refractivity contribution is 6.13. The molecular formula is C24H20F3N5O3. The summed E-state index contributed by atoms with van der Waals surface area (Å²) in [5.74, 6) is -0.628. The van der Waals surface area contributed by atoms with E-state index < -0.39 is 31.0 Å². The Hall–Kier alpha value is -4.33. The van der Waals surface area contributed by atoms with Gasteiger partial charge in [0.2, 0.25) is 0 Å². The highest BCUT2D eigenvalue weighted by Crippen LogP contribution is 2.30. The number of carbonyl (C=O) groups is 2. The maximum atomic E-state index is 13.4. The number of benzene rings is 2. The van der Waals surface area contributed by atoms with Gasteiger partial charge in [0.15, 0.2) is 0 Å². The summed E-state index contributed by atoms with van der Waals surface area (Å²) in [6, 6.07) is 14.1. The molecule has 2 heterocycles. The second-order valence-corrected chi connectivity index (χ2v) is 7.97. The molecule has 1 aromatic heterocycles. The van der Waals surface area contributed by atoms with Gasteiger partial charge in [0.1, 0.15) is 11.4 Å². The normalized spacial score (nSPS) is 15.3. The molecule has 4 rings (SSSR count). The van der Waals surface area contributed by atoms with E-state index in [9.17, 15) is 22.8 Å². The van der Waals surface area contributed by atoms with Crippen LogP contribution in [0.15, 0.2) is 54.7 Å². The molecule has 2 amide bonds. The summed E-state index contributed by atoms with van der Waals surface area (Å²) in [6.45, 7) is 1.70. The molecule has 11 heteroatoms. The number of nitriles is 1. The van der Waals surface area contributed by atoms with E-state index >= 15 is 0 Å². The first-order chi connectivity index (χ1) is 16.7. The first-order valence-corrected chi connectivity index (χ1v) is 10.7. The third-order valence-corrected chi connectivity index (χ3v) is 5.41. The fourth-order valence-corrected chi connectivity index (χ4v) is 3.77. The number of rotatable bonds is 6. The van der Waals surface area contributed by atoms with Crippen LogP contribution in [-0.2, 0) is 6.54 Å². The average Bonchev–Trinajstić information content (AvgIpc) is 3.21. The molecule has 1 atom stereocenters. The summed E-state index contributed by atoms with van der Waals surface area (Å²) >= 11 is 0. The van der Waals surface area contributed by atoms with E-state index in [0.717, 1.165) is 0 Å². The minimum atomic E-state index is -4.30. The maximum absolute atomic E-state index is 13.4. The molecule has 1 N–H and O–H groups in total. The van der Waals surface area contributed by atoms with Crippen LogP contribution in [-0.4, -0.2) is 40.4 Å². The minimum absolute atomic E-state index is 0.193. The van der Waals surface area contributed by atoms with Crippen LogP contribution < -0.4 is 15.0 Å². The van der Waals surface area contributed by atoms with Crippen LogP contribution in [0.3, 0.4) is 0 Å². The molecule has 3 aromatic rings. The third kappa shape index (κ3) is 5.27. The summed E-state index contributed by atoms with van der Waals surface area (Å²) in [5.41, 5.74) is 1.54. The van der Waals surface area contributed by atoms with Gasteiger partial charge in [-0.3, -0.25) is 14.3 Å². The van der Waals surface area contributed by atoms with Gasteiger partial charge in [-0.2, -0.15) is 23.5 Å². The van der Waals surface area contributed by atoms with Gasteiger partial charge in [0, 0.05) is 11.3 Å². The lowest BCUT2D eigenvalue weighted by atomic mass is 10.1. The molecule has 1 aliphatic heterocycles. The van der Waals surface area contributed by atoms with Crippen LogP contribution in [0, 0.1) is 11.3 Å². The molecule has 0 saturated heterocycles. The van der Waals surface area contributed by atoms with Crippen molar-refractivity contribution >= 4 is 23.2 Å². The first kappa shape index (κ1) is 23.8. The van der Waals surface area contributed by atoms with Crippen LogP contribution in [0.25, 0.3) is 0 Å². The lowest BCUT2D eigenvalue weighted by molar-refractivity contribution is -0.139. The number of aromatic nitrogens is 2. The number of alkyl halides is 3. The number of halogens is 3. The fraction of sp³-hybridized carbons (Fsp3) is 0.250. The second kappa shape index (κ2) is 9.50. The van der Waals surface area contributed by atoms with Crippen molar-refractivity contribution < 1.29 is 27.5 Å². The van der Waals surface area contributed by atoms with E-state index in [4.69, 9.17) is 10.00 Å². The van der Waals surface area contributed by atoms with Crippen molar-refractivity contribution in [2.24, 2.45) is 0 Å². The lowest BCUT2D eigenvalue weighted by Gasteiger charge is -2.34. The molecule has 1 unspecified atom stereocenters. The fourth-order valence-electron chi connectivity index (χ4n) is 3.77. The molecule has 2 aromatic carbocycles. The highest BCUT2D eigenvalue weighted by Gasteiger charge is 2.34. The molecule has 1 aliphatic rings. The van der Waals surface area contributed by atoms with E-state index in [1.54, 1.807) is 30.3 Å². The molecule has 0 fully saturated rings. The van der Waals surface area contributed by atoms with Crippen LogP contribution in [0.2, 0.25) is 0 Å². The molecule has 180 valence electrons. The summed E-state index contributed by atoms with van der Waals surface area (Å²) < 4.78 is 43.6. The topological polar surface area (TPSA) is 100 Å². The summed E-state index contributed by atoms with van der Waals surface area (Å²) in [4.78, 5) is 27.6. The average molecular weight is 483 g/mol. The lowest BCUT2D eigenvalue weighted by Crippen LogP contribution is -2.47. The zero-order valence-corrected chi connectivity index (χ0v) is 18.5. The monoisotopic (exact) mass is 483 g/mol. The van der Waals surface area contributed by atoms with Crippen LogP contribution in [0.1, 0.15) is 39.8 Å². The minimum Gasteiger partial charge on any atom is -0.493 e. The van der Waals surface area contributed by atoms with Crippen LogP contribution in [0.5, 0.6) is 5.75 Å². The smallest absolute Gasteiger partial charge is 0.392 e. The van der Waals surface area contributed by atoms with Gasteiger partial charge in [0.25, 0.3) is 11.8 Å². The van der Waals surface area contributed by atoms with Gasteiger partial charge >= 0.3 is 6.18 Å². The number of hydrogen-bond donors (Lipinski definition) is 1. The van der Waals surface area contributed by atoms with Crippen molar-refractivity contribution in [3.8, 4) is 11.8 Å². The zero-order chi connectivity index (χ0) is 25.2. The zero-order valence-electron chi connectivity index (χ0n) is 18.5. The number of nitrogens with zero attached hydrogens (tertiary/aromatic N) is 4. The Morgan fingerprint density at radius 2 is 2.00 bits per heavy atom. The number of fused-ring (bicyclic) bond motifs is 1. The van der Waals surface area contributed by atoms with Crippen molar-refractivity contribution in [1.29, 1.82) is 5.26 Å². The van der Waals surface area contributed by atoms with Crippen molar-refractivity contribution in [1.82, 2.24) is 9.78 Å². The van der Waals surface area contributed by atoms with E-state index in [2.05, 4.69) is 10.4 Å². The molecule has 35 heavy (non-hydrogen) atoms. The first-order valence-electron chi connectivity index (χ1n) is 10.7. The maximum Gasteiger partial charge on any atom is 0.392 e. The van der Waals surface area contributed by atoms with Gasteiger partial charge in [-0.25, -0.2) is 0 Å². The van der Waals surface area contributed by atoms with Crippen molar-refractivity contribution in [3.05, 3.63) is 71.5 Å². The molecule has 0 radical (unpaired) electrons. The van der Waals surface area contributed by atoms with Crippen molar-refractivity contribution in [2.45, 2.75) is 32.1 Å². The van der Waals surface area contributed by atoms with E-state index in [-0.39, 0.29) is 28.7 Å². The van der Waals surface area contributed by atoms with Crippen LogP contribution >= 0.6 is 0 Å². The van der Waals surface area contributed by atoms with Crippen molar-refractivity contribution in [2.75, 3.05) is 16.8 Å². The van der Waals surface area contributed by atoms with E-state index in [0.29, 0.717) is 17.8 Å². The molecule has 0 saturated carbocycles. The Labute approximate surface area is 198 Å². The molecule has 0 aliphatic carbocycles. The predicted molar refractivity (Wildman–Crippen MR) is 120 cm³/mol. The number of carbonyl (C=O) groups excluding carboxylic acids is 2. The van der Waals surface area contributed by atoms with Crippen molar-refractivity contribution in [3.63, 3.8) is 0 Å². The molecular weight excluding hydrogens is 463 g/mol. The Morgan fingerprint density at radius 3 is 2.69 bits per heavy atom. The number of ether oxygens (including phenoxy) is 1. The predicted octanol–water partition coefficient (Wildman–Crippen LogP) is 4.39. The number of anilines is 2. The van der Waals surface area contributed by atoms with Gasteiger partial charge in [0.05, 0.1) is 49.1 Å². The van der Waals surface area contributed by atoms with E-state index in [1.165, 1.54) is 34.0 Å². The number of amides is 2. The quantitative estimate of drug-likeness (QED) is 0.561. The van der Waals surface area contributed by atoms with E-state index in [1.807, 2.05) is 13.0 Å². The Balaban J connectivity index is 1.52. The Bertz CT molecular complexity index is 1290. The second-order valence-electron chi connectivity index (χ2n) is 7.97. The van der Waals surface area contributed by atoms with Gasteiger partial charge in [-0.15, -0.1) is 0 Å². The van der Waals surface area contributed by atoms with Gasteiger partial charge in [-0.1, -0.05) is 6.07 Å². The summed E-state index contributed by atoms with van der Waals surface area (Å²) in [6.07, 6.45) is -3.97. The Kier molecular flexibility index (Phi) is 6.46.